The molecule has 0 bridgehead atoms. The highest BCUT2D eigenvalue weighted by Crippen LogP contribution is 2.18. The van der Waals surface area contributed by atoms with E-state index < -0.39 is 0 Å². The fourth-order valence-corrected chi connectivity index (χ4v) is 3.22. The van der Waals surface area contributed by atoms with Gasteiger partial charge < -0.3 is 10.1 Å². The van der Waals surface area contributed by atoms with Crippen LogP contribution < -0.4 is 5.32 Å². The van der Waals surface area contributed by atoms with Gasteiger partial charge >= 0.3 is 0 Å². The minimum Gasteiger partial charge on any atom is -0.381 e. The standard InChI is InChI=1S/C22H25NO3/c1-15-9-10-18(12-16(15)2)21(24)19-7-3-4-8-20(19)22(25)23-13-17-6-5-11-26-14-17/h3-4,7-10,12,17H,5-6,11,13-14H2,1-2H3,(H,23,25)/t17-/m1/s1. The molecule has 0 aromatic heterocycles. The van der Waals surface area contributed by atoms with Crippen LogP contribution in [0.25, 0.3) is 0 Å². The Labute approximate surface area is 154 Å². The second-order valence-corrected chi connectivity index (χ2v) is 6.97. The summed E-state index contributed by atoms with van der Waals surface area (Å²) in [5, 5.41) is 2.96. The summed E-state index contributed by atoms with van der Waals surface area (Å²) in [7, 11) is 0. The van der Waals surface area contributed by atoms with E-state index in [0.717, 1.165) is 30.6 Å². The lowest BCUT2D eigenvalue weighted by molar-refractivity contribution is 0.0536. The summed E-state index contributed by atoms with van der Waals surface area (Å²) in [5.41, 5.74) is 3.67. The lowest BCUT2D eigenvalue weighted by atomic mass is 9.95. The number of ether oxygens (including phenoxy) is 1. The molecule has 1 aliphatic heterocycles. The van der Waals surface area contributed by atoms with E-state index in [0.29, 0.717) is 35.8 Å². The van der Waals surface area contributed by atoms with Crippen molar-refractivity contribution in [3.05, 3.63) is 70.3 Å². The molecule has 1 amide bonds. The number of carbonyl (C=O) groups excluding carboxylic acids is 2. The number of ketones is 1. The smallest absolute Gasteiger partial charge is 0.252 e. The molecule has 26 heavy (non-hydrogen) atoms. The Bertz CT molecular complexity index is 807. The van der Waals surface area contributed by atoms with Crippen LogP contribution in [-0.4, -0.2) is 31.4 Å². The molecular formula is C22H25NO3. The Balaban J connectivity index is 1.77. The number of hydrogen-bond donors (Lipinski definition) is 1. The van der Waals surface area contributed by atoms with Crippen LogP contribution >= 0.6 is 0 Å². The van der Waals surface area contributed by atoms with Crippen LogP contribution in [0, 0.1) is 19.8 Å². The van der Waals surface area contributed by atoms with Crippen LogP contribution in [0.5, 0.6) is 0 Å². The molecule has 1 aliphatic rings. The molecule has 4 heteroatoms. The molecule has 3 rings (SSSR count). The van der Waals surface area contributed by atoms with Crippen molar-refractivity contribution in [2.45, 2.75) is 26.7 Å². The molecule has 0 unspecified atom stereocenters. The Morgan fingerprint density at radius 2 is 1.85 bits per heavy atom. The number of aryl methyl sites for hydroxylation is 2. The van der Waals surface area contributed by atoms with Crippen molar-refractivity contribution >= 4 is 11.7 Å². The first-order valence-corrected chi connectivity index (χ1v) is 9.13. The number of carbonyl (C=O) groups is 2. The first-order chi connectivity index (χ1) is 12.6. The summed E-state index contributed by atoms with van der Waals surface area (Å²) in [4.78, 5) is 25.6. The average molecular weight is 351 g/mol. The molecule has 0 aliphatic carbocycles. The van der Waals surface area contributed by atoms with Gasteiger partial charge in [-0.25, -0.2) is 0 Å². The zero-order chi connectivity index (χ0) is 18.5. The van der Waals surface area contributed by atoms with E-state index in [1.165, 1.54) is 0 Å². The molecule has 1 heterocycles. The molecule has 2 aromatic rings. The molecule has 1 saturated heterocycles. The molecule has 136 valence electrons. The number of rotatable bonds is 5. The van der Waals surface area contributed by atoms with Crippen LogP contribution in [0.2, 0.25) is 0 Å². The van der Waals surface area contributed by atoms with Crippen molar-refractivity contribution in [3.8, 4) is 0 Å². The maximum absolute atomic E-state index is 12.9. The average Bonchev–Trinajstić information content (AvgIpc) is 2.68. The van der Waals surface area contributed by atoms with Crippen LogP contribution in [-0.2, 0) is 4.74 Å². The molecule has 1 fully saturated rings. The maximum Gasteiger partial charge on any atom is 0.252 e. The molecule has 1 atom stereocenters. The highest BCUT2D eigenvalue weighted by molar-refractivity contribution is 6.15. The third-order valence-corrected chi connectivity index (χ3v) is 4.99. The summed E-state index contributed by atoms with van der Waals surface area (Å²) in [5.74, 6) is 0.0125. The lowest BCUT2D eigenvalue weighted by Gasteiger charge is -2.22. The fraction of sp³-hybridized carbons (Fsp3) is 0.364. The Morgan fingerprint density at radius 3 is 2.54 bits per heavy atom. The maximum atomic E-state index is 12.9. The third kappa shape index (κ3) is 4.20. The van der Waals surface area contributed by atoms with Crippen molar-refractivity contribution in [2.75, 3.05) is 19.8 Å². The van der Waals surface area contributed by atoms with E-state index in [9.17, 15) is 9.59 Å². The van der Waals surface area contributed by atoms with Gasteiger partial charge in [0, 0.05) is 24.3 Å². The van der Waals surface area contributed by atoms with Gasteiger partial charge in [-0.3, -0.25) is 9.59 Å². The summed E-state index contributed by atoms with van der Waals surface area (Å²) < 4.78 is 5.46. The largest absolute Gasteiger partial charge is 0.381 e. The quantitative estimate of drug-likeness (QED) is 0.836. The highest BCUT2D eigenvalue weighted by atomic mass is 16.5. The summed E-state index contributed by atoms with van der Waals surface area (Å²) >= 11 is 0. The summed E-state index contributed by atoms with van der Waals surface area (Å²) in [6.07, 6.45) is 2.09. The first-order valence-electron chi connectivity index (χ1n) is 9.13. The number of amides is 1. The van der Waals surface area contributed by atoms with Gasteiger partial charge in [0.1, 0.15) is 0 Å². The fourth-order valence-electron chi connectivity index (χ4n) is 3.22. The molecule has 4 nitrogen and oxygen atoms in total. The van der Waals surface area contributed by atoms with Gasteiger partial charge in [-0.2, -0.15) is 0 Å². The molecule has 0 spiro atoms. The number of benzene rings is 2. The van der Waals surface area contributed by atoms with E-state index in [1.54, 1.807) is 24.3 Å². The molecule has 1 N–H and O–H groups in total. The SMILES string of the molecule is Cc1ccc(C(=O)c2ccccc2C(=O)NC[C@H]2CCCOC2)cc1C. The molecule has 0 saturated carbocycles. The van der Waals surface area contributed by atoms with Gasteiger partial charge in [0.25, 0.3) is 5.91 Å². The topological polar surface area (TPSA) is 55.4 Å². The van der Waals surface area contributed by atoms with Crippen molar-refractivity contribution in [2.24, 2.45) is 5.92 Å². The van der Waals surface area contributed by atoms with E-state index >= 15 is 0 Å². The molecule has 0 radical (unpaired) electrons. The first kappa shape index (κ1) is 18.3. The minimum absolute atomic E-state index is 0.125. The minimum atomic E-state index is -0.205. The van der Waals surface area contributed by atoms with Gasteiger partial charge in [-0.05, 0) is 55.9 Å². The van der Waals surface area contributed by atoms with Crippen molar-refractivity contribution in [1.29, 1.82) is 0 Å². The molecule has 2 aromatic carbocycles. The van der Waals surface area contributed by atoms with Crippen LogP contribution in [0.15, 0.2) is 42.5 Å². The zero-order valence-corrected chi connectivity index (χ0v) is 15.4. The third-order valence-electron chi connectivity index (χ3n) is 4.99. The lowest BCUT2D eigenvalue weighted by Crippen LogP contribution is -2.34. The second kappa shape index (κ2) is 8.28. The Morgan fingerprint density at radius 1 is 1.08 bits per heavy atom. The highest BCUT2D eigenvalue weighted by Gasteiger charge is 2.20. The van der Waals surface area contributed by atoms with E-state index in [1.807, 2.05) is 32.0 Å². The van der Waals surface area contributed by atoms with E-state index in [-0.39, 0.29) is 11.7 Å². The van der Waals surface area contributed by atoms with Gasteiger partial charge in [-0.15, -0.1) is 0 Å². The van der Waals surface area contributed by atoms with Crippen LogP contribution in [0.4, 0.5) is 0 Å². The zero-order valence-electron chi connectivity index (χ0n) is 15.4. The van der Waals surface area contributed by atoms with Gasteiger partial charge in [-0.1, -0.05) is 30.3 Å². The van der Waals surface area contributed by atoms with Crippen molar-refractivity contribution in [3.63, 3.8) is 0 Å². The normalized spacial score (nSPS) is 16.9. The summed E-state index contributed by atoms with van der Waals surface area (Å²) in [6, 6.07) is 12.6. The van der Waals surface area contributed by atoms with E-state index in [4.69, 9.17) is 4.74 Å². The second-order valence-electron chi connectivity index (χ2n) is 6.97. The predicted molar refractivity (Wildman–Crippen MR) is 102 cm³/mol. The summed E-state index contributed by atoms with van der Waals surface area (Å²) in [6.45, 7) is 6.06. The monoisotopic (exact) mass is 351 g/mol. The van der Waals surface area contributed by atoms with Gasteiger partial charge in [0.15, 0.2) is 5.78 Å². The predicted octanol–water partition coefficient (Wildman–Crippen LogP) is 3.69. The Hall–Kier alpha value is -2.46. The number of nitrogens with one attached hydrogen (secondary N) is 1. The van der Waals surface area contributed by atoms with Gasteiger partial charge in [0.05, 0.1) is 12.2 Å². The van der Waals surface area contributed by atoms with Crippen molar-refractivity contribution in [1.82, 2.24) is 5.32 Å². The van der Waals surface area contributed by atoms with Crippen molar-refractivity contribution < 1.29 is 14.3 Å². The molecular weight excluding hydrogens is 326 g/mol. The van der Waals surface area contributed by atoms with Crippen LogP contribution in [0.1, 0.15) is 50.2 Å². The van der Waals surface area contributed by atoms with Crippen LogP contribution in [0.3, 0.4) is 0 Å². The van der Waals surface area contributed by atoms with E-state index in [2.05, 4.69) is 5.32 Å². The van der Waals surface area contributed by atoms with Gasteiger partial charge in [0.2, 0.25) is 0 Å². The number of hydrogen-bond acceptors (Lipinski definition) is 3. The Kier molecular flexibility index (Phi) is 5.84.